The zero-order valence-electron chi connectivity index (χ0n) is 9.68. The summed E-state index contributed by atoms with van der Waals surface area (Å²) in [6, 6.07) is 8.11. The Morgan fingerprint density at radius 1 is 1.44 bits per heavy atom. The molecule has 1 heterocycles. The molecule has 0 bridgehead atoms. The number of rotatable bonds is 2. The minimum atomic E-state index is 0.324. The first-order valence-electron chi connectivity index (χ1n) is 5.61. The van der Waals surface area contributed by atoms with Crippen LogP contribution in [0, 0.1) is 6.57 Å². The van der Waals surface area contributed by atoms with Gasteiger partial charge in [0, 0.05) is 7.05 Å². The largest absolute Gasteiger partial charge is 0.295 e. The molecule has 0 radical (unpaired) electrons. The Labute approximate surface area is 96.4 Å². The van der Waals surface area contributed by atoms with Crippen LogP contribution in [-0.4, -0.2) is 18.2 Å². The number of nitrogens with zero attached hydrogens (tertiary/aromatic N) is 2. The molecule has 2 unspecified atom stereocenters. The van der Waals surface area contributed by atoms with E-state index in [-0.39, 0.29) is 0 Å². The van der Waals surface area contributed by atoms with Gasteiger partial charge >= 0.3 is 0 Å². The molecular formula is C13H16N2O. The lowest BCUT2D eigenvalue weighted by molar-refractivity contribution is -0.144. The summed E-state index contributed by atoms with van der Waals surface area (Å²) in [5.74, 6) is 0. The van der Waals surface area contributed by atoms with Crippen LogP contribution in [0.1, 0.15) is 31.4 Å². The van der Waals surface area contributed by atoms with Crippen LogP contribution >= 0.6 is 0 Å². The third kappa shape index (κ3) is 2.08. The Kier molecular flexibility index (Phi) is 3.23. The van der Waals surface area contributed by atoms with Crippen molar-refractivity contribution in [2.24, 2.45) is 0 Å². The average Bonchev–Trinajstić information content (AvgIpc) is 2.71. The van der Waals surface area contributed by atoms with E-state index < -0.39 is 0 Å². The number of benzene rings is 1. The van der Waals surface area contributed by atoms with Crippen LogP contribution in [-0.2, 0) is 4.84 Å². The van der Waals surface area contributed by atoms with Gasteiger partial charge in [0.1, 0.15) is 0 Å². The van der Waals surface area contributed by atoms with Gasteiger partial charge in [-0.05, 0) is 18.4 Å². The zero-order chi connectivity index (χ0) is 11.5. The standard InChI is InChI=1S/C13H16N2O/c1-4-12-9-13(15(3)16-12)10-5-7-11(14-2)8-6-10/h5-8,12-13H,4,9H2,1,3H3. The predicted octanol–water partition coefficient (Wildman–Crippen LogP) is 3.32. The number of hydrogen-bond acceptors (Lipinski definition) is 2. The van der Waals surface area contributed by atoms with Gasteiger partial charge in [0.05, 0.1) is 18.7 Å². The van der Waals surface area contributed by atoms with Crippen molar-refractivity contribution in [2.45, 2.75) is 31.9 Å². The summed E-state index contributed by atoms with van der Waals surface area (Å²) in [5, 5.41) is 1.93. The Morgan fingerprint density at radius 3 is 2.62 bits per heavy atom. The van der Waals surface area contributed by atoms with Crippen molar-refractivity contribution < 1.29 is 4.84 Å². The van der Waals surface area contributed by atoms with Crippen LogP contribution in [0.4, 0.5) is 5.69 Å². The van der Waals surface area contributed by atoms with Crippen molar-refractivity contribution in [3.05, 3.63) is 41.2 Å². The lowest BCUT2D eigenvalue weighted by atomic mass is 10.0. The average molecular weight is 216 g/mol. The van der Waals surface area contributed by atoms with Gasteiger partial charge in [-0.2, -0.15) is 5.06 Å². The molecule has 0 aliphatic carbocycles. The van der Waals surface area contributed by atoms with Crippen LogP contribution in [0.15, 0.2) is 24.3 Å². The van der Waals surface area contributed by atoms with Crippen LogP contribution < -0.4 is 0 Å². The molecule has 1 aliphatic heterocycles. The monoisotopic (exact) mass is 216 g/mol. The molecule has 1 fully saturated rings. The van der Waals surface area contributed by atoms with Crippen LogP contribution in [0.5, 0.6) is 0 Å². The quantitative estimate of drug-likeness (QED) is 0.705. The first-order chi connectivity index (χ1) is 7.74. The van der Waals surface area contributed by atoms with Gasteiger partial charge in [-0.25, -0.2) is 4.85 Å². The summed E-state index contributed by atoms with van der Waals surface area (Å²) in [6.07, 6.45) is 2.40. The van der Waals surface area contributed by atoms with E-state index >= 15 is 0 Å². The van der Waals surface area contributed by atoms with Crippen LogP contribution in [0.3, 0.4) is 0 Å². The molecule has 3 nitrogen and oxygen atoms in total. The highest BCUT2D eigenvalue weighted by Crippen LogP contribution is 2.34. The van der Waals surface area contributed by atoms with Crippen molar-refractivity contribution in [1.82, 2.24) is 5.06 Å². The van der Waals surface area contributed by atoms with E-state index in [0.717, 1.165) is 12.8 Å². The molecule has 2 rings (SSSR count). The Balaban J connectivity index is 2.15. The molecular weight excluding hydrogens is 200 g/mol. The van der Waals surface area contributed by atoms with Gasteiger partial charge in [0.15, 0.2) is 5.69 Å². The van der Waals surface area contributed by atoms with Gasteiger partial charge in [-0.3, -0.25) is 4.84 Å². The lowest BCUT2D eigenvalue weighted by Crippen LogP contribution is -2.16. The molecule has 1 aromatic carbocycles. The summed E-state index contributed by atoms with van der Waals surface area (Å²) in [7, 11) is 1.98. The molecule has 0 amide bonds. The van der Waals surface area contributed by atoms with Crippen molar-refractivity contribution >= 4 is 5.69 Å². The van der Waals surface area contributed by atoms with E-state index in [9.17, 15) is 0 Å². The number of hydroxylamine groups is 2. The molecule has 0 spiro atoms. The highest BCUT2D eigenvalue weighted by Gasteiger charge is 2.30. The molecule has 0 saturated carbocycles. The minimum absolute atomic E-state index is 0.324. The Hall–Kier alpha value is -1.37. The summed E-state index contributed by atoms with van der Waals surface area (Å²) < 4.78 is 0. The zero-order valence-corrected chi connectivity index (χ0v) is 9.68. The second-order valence-electron chi connectivity index (χ2n) is 4.14. The van der Waals surface area contributed by atoms with Gasteiger partial charge in [-0.1, -0.05) is 31.2 Å². The predicted molar refractivity (Wildman–Crippen MR) is 63.0 cm³/mol. The fraction of sp³-hybridized carbons (Fsp3) is 0.462. The van der Waals surface area contributed by atoms with Crippen molar-refractivity contribution in [1.29, 1.82) is 0 Å². The van der Waals surface area contributed by atoms with Crippen LogP contribution in [0.2, 0.25) is 0 Å². The van der Waals surface area contributed by atoms with Crippen LogP contribution in [0.25, 0.3) is 4.85 Å². The van der Waals surface area contributed by atoms with E-state index in [1.54, 1.807) is 0 Å². The van der Waals surface area contributed by atoms with E-state index in [4.69, 9.17) is 11.4 Å². The van der Waals surface area contributed by atoms with Crippen molar-refractivity contribution in [3.63, 3.8) is 0 Å². The fourth-order valence-electron chi connectivity index (χ4n) is 2.11. The smallest absolute Gasteiger partial charge is 0.187 e. The molecule has 1 saturated heterocycles. The van der Waals surface area contributed by atoms with Crippen molar-refractivity contribution in [2.75, 3.05) is 7.05 Å². The molecule has 0 N–H and O–H groups in total. The topological polar surface area (TPSA) is 16.8 Å². The SMILES string of the molecule is [C-]#[N+]c1ccc(C2CC(CC)ON2C)cc1. The molecule has 84 valence electrons. The van der Waals surface area contributed by atoms with Crippen molar-refractivity contribution in [3.8, 4) is 0 Å². The number of hydrogen-bond donors (Lipinski definition) is 0. The highest BCUT2D eigenvalue weighted by atomic mass is 16.7. The highest BCUT2D eigenvalue weighted by molar-refractivity contribution is 5.45. The summed E-state index contributed by atoms with van der Waals surface area (Å²) in [6.45, 7) is 9.06. The Bertz CT molecular complexity index is 393. The van der Waals surface area contributed by atoms with Gasteiger partial charge in [0.2, 0.25) is 0 Å². The van der Waals surface area contributed by atoms with E-state index in [1.165, 1.54) is 5.56 Å². The molecule has 0 aromatic heterocycles. The van der Waals surface area contributed by atoms with Gasteiger partial charge < -0.3 is 0 Å². The van der Waals surface area contributed by atoms with E-state index in [2.05, 4.69) is 11.8 Å². The molecule has 16 heavy (non-hydrogen) atoms. The second-order valence-corrected chi connectivity index (χ2v) is 4.14. The lowest BCUT2D eigenvalue weighted by Gasteiger charge is -2.17. The molecule has 3 heteroatoms. The molecule has 1 aliphatic rings. The summed E-state index contributed by atoms with van der Waals surface area (Å²) in [4.78, 5) is 9.10. The summed E-state index contributed by atoms with van der Waals surface area (Å²) in [5.41, 5.74) is 1.92. The van der Waals surface area contributed by atoms with E-state index in [1.807, 2.05) is 36.4 Å². The maximum atomic E-state index is 6.91. The third-order valence-corrected chi connectivity index (χ3v) is 3.10. The molecule has 1 aromatic rings. The van der Waals surface area contributed by atoms with Gasteiger partial charge in [0.25, 0.3) is 0 Å². The second kappa shape index (κ2) is 4.65. The first-order valence-corrected chi connectivity index (χ1v) is 5.61. The molecule has 2 atom stereocenters. The fourth-order valence-corrected chi connectivity index (χ4v) is 2.11. The normalized spacial score (nSPS) is 25.6. The first kappa shape index (κ1) is 11.1. The minimum Gasteiger partial charge on any atom is -0.295 e. The van der Waals surface area contributed by atoms with Gasteiger partial charge in [-0.15, -0.1) is 0 Å². The Morgan fingerprint density at radius 2 is 2.12 bits per heavy atom. The van der Waals surface area contributed by atoms with E-state index in [0.29, 0.717) is 17.8 Å². The maximum Gasteiger partial charge on any atom is 0.187 e. The summed E-state index contributed by atoms with van der Waals surface area (Å²) >= 11 is 0. The third-order valence-electron chi connectivity index (χ3n) is 3.10. The maximum absolute atomic E-state index is 6.91.